The molecule has 0 aliphatic rings. The standard InChI is InChI=1S/C15H18N2OS/c1-10-5-6-14(17-7-10)19-9-13-12(3)15(18-4)11(2)8-16-13/h5-8H,9H2,1-4H3. The molecule has 0 fully saturated rings. The fourth-order valence-corrected chi connectivity index (χ4v) is 2.77. The summed E-state index contributed by atoms with van der Waals surface area (Å²) in [6.45, 7) is 6.10. The Balaban J connectivity index is 2.13. The smallest absolute Gasteiger partial charge is 0.128 e. The van der Waals surface area contributed by atoms with Crippen LogP contribution in [0.5, 0.6) is 5.75 Å². The van der Waals surface area contributed by atoms with Gasteiger partial charge in [-0.1, -0.05) is 6.07 Å². The van der Waals surface area contributed by atoms with Gasteiger partial charge in [-0.2, -0.15) is 0 Å². The molecule has 3 nitrogen and oxygen atoms in total. The van der Waals surface area contributed by atoms with Gasteiger partial charge in [0.15, 0.2) is 0 Å². The Kier molecular flexibility index (Phi) is 4.43. The molecule has 0 radical (unpaired) electrons. The molecular formula is C15H18N2OS. The summed E-state index contributed by atoms with van der Waals surface area (Å²) in [6, 6.07) is 4.12. The van der Waals surface area contributed by atoms with Crippen LogP contribution in [0.2, 0.25) is 0 Å². The Morgan fingerprint density at radius 1 is 1.11 bits per heavy atom. The van der Waals surface area contributed by atoms with Gasteiger partial charge in [0.2, 0.25) is 0 Å². The minimum absolute atomic E-state index is 0.804. The molecule has 0 saturated carbocycles. The summed E-state index contributed by atoms with van der Waals surface area (Å²) >= 11 is 1.69. The number of pyridine rings is 2. The zero-order valence-corrected chi connectivity index (χ0v) is 12.5. The summed E-state index contributed by atoms with van der Waals surface area (Å²) < 4.78 is 5.42. The van der Waals surface area contributed by atoms with Gasteiger partial charge in [0.25, 0.3) is 0 Å². The summed E-state index contributed by atoms with van der Waals surface area (Å²) in [5, 5.41) is 1.02. The third-order valence-electron chi connectivity index (χ3n) is 2.99. The SMILES string of the molecule is COc1c(C)cnc(CSc2ccc(C)cn2)c1C. The van der Waals surface area contributed by atoms with E-state index in [1.807, 2.05) is 32.3 Å². The fraction of sp³-hybridized carbons (Fsp3) is 0.333. The van der Waals surface area contributed by atoms with Gasteiger partial charge in [0.05, 0.1) is 17.8 Å². The van der Waals surface area contributed by atoms with Gasteiger partial charge in [0, 0.05) is 29.3 Å². The molecule has 2 aromatic rings. The van der Waals surface area contributed by atoms with Crippen molar-refractivity contribution in [3.05, 3.63) is 46.9 Å². The van der Waals surface area contributed by atoms with Gasteiger partial charge in [-0.3, -0.25) is 4.98 Å². The number of thioether (sulfide) groups is 1. The lowest BCUT2D eigenvalue weighted by molar-refractivity contribution is 0.407. The van der Waals surface area contributed by atoms with Crippen LogP contribution in [0.1, 0.15) is 22.4 Å². The van der Waals surface area contributed by atoms with Crippen molar-refractivity contribution >= 4 is 11.8 Å². The normalized spacial score (nSPS) is 10.5. The fourth-order valence-electron chi connectivity index (χ4n) is 1.90. The van der Waals surface area contributed by atoms with E-state index >= 15 is 0 Å². The zero-order chi connectivity index (χ0) is 13.8. The van der Waals surface area contributed by atoms with Crippen LogP contribution in [0.3, 0.4) is 0 Å². The monoisotopic (exact) mass is 274 g/mol. The van der Waals surface area contributed by atoms with E-state index in [1.54, 1.807) is 18.9 Å². The van der Waals surface area contributed by atoms with Crippen LogP contribution in [-0.4, -0.2) is 17.1 Å². The molecule has 0 spiro atoms. The van der Waals surface area contributed by atoms with E-state index in [1.165, 1.54) is 5.56 Å². The Bertz CT molecular complexity index is 567. The maximum atomic E-state index is 5.42. The lowest BCUT2D eigenvalue weighted by Gasteiger charge is -2.11. The molecule has 2 heterocycles. The Labute approximate surface area is 118 Å². The summed E-state index contributed by atoms with van der Waals surface area (Å²) in [7, 11) is 1.70. The largest absolute Gasteiger partial charge is 0.496 e. The van der Waals surface area contributed by atoms with Crippen molar-refractivity contribution in [2.45, 2.75) is 31.6 Å². The van der Waals surface area contributed by atoms with Crippen LogP contribution in [0, 0.1) is 20.8 Å². The van der Waals surface area contributed by atoms with Crippen LogP contribution in [0.25, 0.3) is 0 Å². The Hall–Kier alpha value is -1.55. The van der Waals surface area contributed by atoms with E-state index in [4.69, 9.17) is 4.74 Å². The Morgan fingerprint density at radius 3 is 2.53 bits per heavy atom. The summed E-state index contributed by atoms with van der Waals surface area (Å²) in [5.41, 5.74) is 4.41. The van der Waals surface area contributed by atoms with Gasteiger partial charge in [-0.15, -0.1) is 11.8 Å². The first-order chi connectivity index (χ1) is 9.11. The average molecular weight is 274 g/mol. The lowest BCUT2D eigenvalue weighted by atomic mass is 10.1. The van der Waals surface area contributed by atoms with E-state index in [0.29, 0.717) is 0 Å². The summed E-state index contributed by atoms with van der Waals surface area (Å²) in [4.78, 5) is 8.88. The molecule has 0 atom stereocenters. The highest BCUT2D eigenvalue weighted by molar-refractivity contribution is 7.98. The van der Waals surface area contributed by atoms with Crippen LogP contribution < -0.4 is 4.74 Å². The molecule has 2 aromatic heterocycles. The first-order valence-corrected chi connectivity index (χ1v) is 7.15. The van der Waals surface area contributed by atoms with Crippen molar-refractivity contribution in [1.29, 1.82) is 0 Å². The molecular weight excluding hydrogens is 256 g/mol. The van der Waals surface area contributed by atoms with Gasteiger partial charge in [-0.25, -0.2) is 4.98 Å². The minimum Gasteiger partial charge on any atom is -0.496 e. The van der Waals surface area contributed by atoms with Crippen molar-refractivity contribution in [3.63, 3.8) is 0 Å². The van der Waals surface area contributed by atoms with Crippen molar-refractivity contribution in [2.24, 2.45) is 0 Å². The van der Waals surface area contributed by atoms with E-state index in [-0.39, 0.29) is 0 Å². The third-order valence-corrected chi connectivity index (χ3v) is 3.95. The minimum atomic E-state index is 0.804. The summed E-state index contributed by atoms with van der Waals surface area (Å²) in [6.07, 6.45) is 3.75. The van der Waals surface area contributed by atoms with Crippen molar-refractivity contribution < 1.29 is 4.74 Å². The second kappa shape index (κ2) is 6.06. The third kappa shape index (κ3) is 3.26. The van der Waals surface area contributed by atoms with Crippen LogP contribution in [0.4, 0.5) is 0 Å². The predicted octanol–water partition coefficient (Wildman–Crippen LogP) is 3.70. The van der Waals surface area contributed by atoms with Gasteiger partial charge < -0.3 is 4.74 Å². The molecule has 0 unspecified atom stereocenters. The molecule has 0 aliphatic carbocycles. The molecule has 100 valence electrons. The van der Waals surface area contributed by atoms with E-state index in [9.17, 15) is 0 Å². The highest BCUT2D eigenvalue weighted by Crippen LogP contribution is 2.28. The molecule has 0 saturated heterocycles. The number of aryl methyl sites for hydroxylation is 2. The molecule has 0 bridgehead atoms. The van der Waals surface area contributed by atoms with Crippen molar-refractivity contribution in [1.82, 2.24) is 9.97 Å². The number of aromatic nitrogens is 2. The molecule has 2 rings (SSSR count). The number of nitrogens with zero attached hydrogens (tertiary/aromatic N) is 2. The van der Waals surface area contributed by atoms with E-state index < -0.39 is 0 Å². The quantitative estimate of drug-likeness (QED) is 0.796. The molecule has 0 amide bonds. The number of hydrogen-bond donors (Lipinski definition) is 0. The summed E-state index contributed by atoms with van der Waals surface area (Å²) in [5.74, 6) is 1.74. The van der Waals surface area contributed by atoms with Crippen LogP contribution >= 0.6 is 11.8 Å². The number of ether oxygens (including phenoxy) is 1. The van der Waals surface area contributed by atoms with E-state index in [2.05, 4.69) is 23.0 Å². The van der Waals surface area contributed by atoms with Gasteiger partial charge >= 0.3 is 0 Å². The zero-order valence-electron chi connectivity index (χ0n) is 11.7. The maximum absolute atomic E-state index is 5.42. The highest BCUT2D eigenvalue weighted by atomic mass is 32.2. The molecule has 4 heteroatoms. The van der Waals surface area contributed by atoms with Gasteiger partial charge in [-0.05, 0) is 32.4 Å². The maximum Gasteiger partial charge on any atom is 0.128 e. The second-order valence-electron chi connectivity index (χ2n) is 4.51. The molecule has 0 N–H and O–H groups in total. The number of hydrogen-bond acceptors (Lipinski definition) is 4. The first-order valence-electron chi connectivity index (χ1n) is 6.16. The van der Waals surface area contributed by atoms with Crippen molar-refractivity contribution in [2.75, 3.05) is 7.11 Å². The highest BCUT2D eigenvalue weighted by Gasteiger charge is 2.09. The molecule has 0 aromatic carbocycles. The van der Waals surface area contributed by atoms with Gasteiger partial charge in [0.1, 0.15) is 5.75 Å². The lowest BCUT2D eigenvalue weighted by Crippen LogP contribution is -1.98. The number of methoxy groups -OCH3 is 1. The predicted molar refractivity (Wildman–Crippen MR) is 78.8 cm³/mol. The van der Waals surface area contributed by atoms with Crippen LogP contribution in [-0.2, 0) is 5.75 Å². The Morgan fingerprint density at radius 2 is 1.89 bits per heavy atom. The molecule has 0 aliphatic heterocycles. The first kappa shape index (κ1) is 13.9. The second-order valence-corrected chi connectivity index (χ2v) is 5.50. The molecule has 19 heavy (non-hydrogen) atoms. The van der Waals surface area contributed by atoms with E-state index in [0.717, 1.165) is 33.3 Å². The average Bonchev–Trinajstić information content (AvgIpc) is 2.40. The van der Waals surface area contributed by atoms with Crippen molar-refractivity contribution in [3.8, 4) is 5.75 Å². The number of rotatable bonds is 4. The van der Waals surface area contributed by atoms with Crippen LogP contribution in [0.15, 0.2) is 29.6 Å². The topological polar surface area (TPSA) is 35.0 Å².